The van der Waals surface area contributed by atoms with Crippen LogP contribution in [0, 0.1) is 17.7 Å². The Morgan fingerprint density at radius 1 is 0.927 bits per heavy atom. The minimum absolute atomic E-state index is 0.0249. The van der Waals surface area contributed by atoms with Gasteiger partial charge in [0.25, 0.3) is 0 Å². The summed E-state index contributed by atoms with van der Waals surface area (Å²) >= 11 is 0. The molecular formula is C26H22F8N2O4S. The van der Waals surface area contributed by atoms with Crippen LogP contribution in [-0.2, 0) is 36.3 Å². The van der Waals surface area contributed by atoms with Crippen molar-refractivity contribution in [1.29, 1.82) is 0 Å². The molecule has 0 bridgehead atoms. The van der Waals surface area contributed by atoms with Gasteiger partial charge in [-0.05, 0) is 67.0 Å². The van der Waals surface area contributed by atoms with Gasteiger partial charge in [-0.3, -0.25) is 20.0 Å². The normalized spacial score (nSPS) is 25.1. The summed E-state index contributed by atoms with van der Waals surface area (Å²) < 4.78 is 136. The number of halogens is 8. The molecule has 2 amide bonds. The molecule has 5 rings (SSSR count). The number of carbonyl (C=O) groups is 2. The number of nitrogens with one attached hydrogen (secondary N) is 1. The fourth-order valence-electron chi connectivity index (χ4n) is 6.52. The highest BCUT2D eigenvalue weighted by Crippen LogP contribution is 2.60. The van der Waals surface area contributed by atoms with Gasteiger partial charge < -0.3 is 0 Å². The first-order valence-corrected chi connectivity index (χ1v) is 14.0. The van der Waals surface area contributed by atoms with Crippen molar-refractivity contribution in [3.05, 3.63) is 65.0 Å². The number of aryl methyl sites for hydroxylation is 1. The Morgan fingerprint density at radius 3 is 2.12 bits per heavy atom. The Kier molecular flexibility index (Phi) is 6.71. The summed E-state index contributed by atoms with van der Waals surface area (Å²) in [4.78, 5) is 24.7. The highest BCUT2D eigenvalue weighted by atomic mass is 32.2. The van der Waals surface area contributed by atoms with Gasteiger partial charge in [-0.25, -0.2) is 17.2 Å². The van der Waals surface area contributed by atoms with Crippen molar-refractivity contribution >= 4 is 21.7 Å². The van der Waals surface area contributed by atoms with Crippen molar-refractivity contribution in [3.8, 4) is 0 Å². The number of benzene rings is 2. The average Bonchev–Trinajstić information content (AvgIpc) is 3.51. The van der Waals surface area contributed by atoms with Gasteiger partial charge in [0, 0.05) is 17.9 Å². The minimum Gasteiger partial charge on any atom is -0.273 e. The van der Waals surface area contributed by atoms with Crippen molar-refractivity contribution in [2.24, 2.45) is 11.8 Å². The predicted molar refractivity (Wildman–Crippen MR) is 126 cm³/mol. The highest BCUT2D eigenvalue weighted by Gasteiger charge is 2.74. The van der Waals surface area contributed by atoms with E-state index >= 15 is 0 Å². The monoisotopic (exact) mass is 610 g/mol. The molecule has 2 aliphatic carbocycles. The zero-order valence-corrected chi connectivity index (χ0v) is 21.8. The predicted octanol–water partition coefficient (Wildman–Crippen LogP) is 5.02. The van der Waals surface area contributed by atoms with Gasteiger partial charge in [0.05, 0.1) is 11.4 Å². The topological polar surface area (TPSA) is 83.6 Å². The maximum Gasteiger partial charge on any atom is 0.435 e. The van der Waals surface area contributed by atoms with E-state index in [0.717, 1.165) is 35.3 Å². The lowest BCUT2D eigenvalue weighted by Gasteiger charge is -2.43. The van der Waals surface area contributed by atoms with E-state index in [2.05, 4.69) is 5.43 Å². The van der Waals surface area contributed by atoms with Crippen molar-refractivity contribution in [3.63, 3.8) is 0 Å². The van der Waals surface area contributed by atoms with Crippen LogP contribution in [0.4, 0.5) is 35.1 Å². The number of nitrogens with zero attached hydrogens (tertiary/aromatic N) is 1. The first-order chi connectivity index (χ1) is 18.9. The Bertz CT molecular complexity index is 1490. The number of alkyl halides is 7. The van der Waals surface area contributed by atoms with Crippen LogP contribution >= 0.6 is 0 Å². The van der Waals surface area contributed by atoms with Gasteiger partial charge in [0.1, 0.15) is 10.6 Å². The lowest BCUT2D eigenvalue weighted by Crippen LogP contribution is -2.51. The molecule has 0 aromatic heterocycles. The van der Waals surface area contributed by atoms with Crippen LogP contribution in [0.1, 0.15) is 42.4 Å². The molecule has 1 N–H and O–H groups in total. The number of amides is 2. The van der Waals surface area contributed by atoms with Crippen LogP contribution in [0.5, 0.6) is 0 Å². The Morgan fingerprint density at radius 2 is 1.56 bits per heavy atom. The second kappa shape index (κ2) is 9.39. The highest BCUT2D eigenvalue weighted by molar-refractivity contribution is 7.92. The zero-order chi connectivity index (χ0) is 30.2. The molecule has 41 heavy (non-hydrogen) atoms. The number of fused-ring (bicyclic) bond motifs is 3. The summed E-state index contributed by atoms with van der Waals surface area (Å²) in [6, 6.07) is 5.15. The second-order valence-electron chi connectivity index (χ2n) is 10.4. The summed E-state index contributed by atoms with van der Waals surface area (Å²) in [5, 5.41) is 1.07. The summed E-state index contributed by atoms with van der Waals surface area (Å²) in [6.45, 7) is 0.0337. The van der Waals surface area contributed by atoms with E-state index in [1.54, 1.807) is 0 Å². The maximum absolute atomic E-state index is 14.9. The third-order valence-corrected chi connectivity index (χ3v) is 11.0. The van der Waals surface area contributed by atoms with E-state index in [0.29, 0.717) is 6.07 Å². The molecule has 6 nitrogen and oxygen atoms in total. The Balaban J connectivity index is 1.68. The molecule has 2 fully saturated rings. The minimum atomic E-state index is -6.36. The van der Waals surface area contributed by atoms with Crippen molar-refractivity contribution in [1.82, 2.24) is 10.4 Å². The summed E-state index contributed by atoms with van der Waals surface area (Å²) in [5.74, 6) is -3.72. The number of sulfone groups is 1. The molecule has 2 aromatic carbocycles. The molecule has 1 aliphatic heterocycles. The van der Waals surface area contributed by atoms with Crippen LogP contribution in [-0.4, -0.2) is 44.1 Å². The molecule has 3 aliphatic rings. The molecule has 1 saturated heterocycles. The van der Waals surface area contributed by atoms with Crippen LogP contribution in [0.25, 0.3) is 0 Å². The molecule has 0 unspecified atom stereocenters. The van der Waals surface area contributed by atoms with Gasteiger partial charge in [-0.15, -0.1) is 0 Å². The molecule has 3 atom stereocenters. The first kappa shape index (κ1) is 29.3. The quantitative estimate of drug-likeness (QED) is 0.390. The second-order valence-corrected chi connectivity index (χ2v) is 12.6. The molecule has 222 valence electrons. The van der Waals surface area contributed by atoms with E-state index in [9.17, 15) is 53.1 Å². The van der Waals surface area contributed by atoms with Crippen molar-refractivity contribution < 1.29 is 53.1 Å². The third kappa shape index (κ3) is 4.21. The fraction of sp³-hybridized carbons (Fsp3) is 0.462. The van der Waals surface area contributed by atoms with Crippen LogP contribution < -0.4 is 5.43 Å². The lowest BCUT2D eigenvalue weighted by molar-refractivity contribution is -0.348. The van der Waals surface area contributed by atoms with Crippen LogP contribution in [0.15, 0.2) is 47.4 Å². The molecule has 2 aromatic rings. The van der Waals surface area contributed by atoms with E-state index < -0.39 is 67.6 Å². The summed E-state index contributed by atoms with van der Waals surface area (Å²) in [5.41, 5.74) is -5.44. The number of rotatable bonds is 4. The third-order valence-electron chi connectivity index (χ3n) is 8.39. The van der Waals surface area contributed by atoms with Gasteiger partial charge >= 0.3 is 18.0 Å². The van der Waals surface area contributed by atoms with E-state index in [-0.39, 0.29) is 60.7 Å². The van der Waals surface area contributed by atoms with E-state index in [1.807, 2.05) is 0 Å². The molecular weight excluding hydrogens is 588 g/mol. The van der Waals surface area contributed by atoms with Gasteiger partial charge in [-0.2, -0.15) is 26.3 Å². The number of hydrazine groups is 1. The fourth-order valence-corrected chi connectivity index (χ4v) is 8.99. The molecule has 1 heterocycles. The largest absolute Gasteiger partial charge is 0.435 e. The van der Waals surface area contributed by atoms with E-state index in [4.69, 9.17) is 0 Å². The first-order valence-electron chi connectivity index (χ1n) is 12.5. The zero-order valence-electron chi connectivity index (χ0n) is 21.0. The number of hydrogen-bond acceptors (Lipinski definition) is 4. The smallest absolute Gasteiger partial charge is 0.273 e. The number of hydrogen-bond donors (Lipinski definition) is 1. The molecule has 0 spiro atoms. The summed E-state index contributed by atoms with van der Waals surface area (Å²) in [6.07, 6.45) is -13.4. The van der Waals surface area contributed by atoms with Crippen LogP contribution in [0.3, 0.4) is 0 Å². The molecule has 0 radical (unpaired) electrons. The average molecular weight is 611 g/mol. The van der Waals surface area contributed by atoms with Gasteiger partial charge in [-0.1, -0.05) is 18.2 Å². The van der Waals surface area contributed by atoms with Crippen molar-refractivity contribution in [2.45, 2.75) is 59.8 Å². The Labute approximate surface area is 228 Å². The number of carbonyl (C=O) groups excluding carboxylic acids is 2. The molecule has 1 saturated carbocycles. The van der Waals surface area contributed by atoms with E-state index in [1.165, 1.54) is 0 Å². The SMILES string of the molecule is O=C1CCN(C(=O)[C@@H]2CC[C@]3(S(=O)(=O)c4ccc(F)cc4)c4ccc(C(F)(C(F)(F)F)C(F)(F)F)cc4CC[C@@H]23)N1. The van der Waals surface area contributed by atoms with Gasteiger partial charge in [0.15, 0.2) is 9.84 Å². The lowest BCUT2D eigenvalue weighted by atomic mass is 9.72. The summed E-state index contributed by atoms with van der Waals surface area (Å²) in [7, 11) is -4.56. The van der Waals surface area contributed by atoms with Crippen LogP contribution in [0.2, 0.25) is 0 Å². The molecule has 15 heteroatoms. The Hall–Kier alpha value is -3.23. The maximum atomic E-state index is 14.9. The van der Waals surface area contributed by atoms with Gasteiger partial charge in [0.2, 0.25) is 11.8 Å². The standard InChI is InChI=1S/C26H22F8N2O4S/c27-16-3-5-17(6-4-16)41(39,40)23-11-9-18(22(38)36-12-10-21(37)35-36)20(23)7-1-14-13-15(2-8-19(14)23)24(28,25(29,30)31)26(32,33)34/h2-6,8,13,18,20H,1,7,9-12H2,(H,35,37)/t18-,20+,23+/m1/s1. The van der Waals surface area contributed by atoms with Crippen molar-refractivity contribution in [2.75, 3.05) is 6.54 Å².